The molecule has 1 aromatic rings. The fourth-order valence-corrected chi connectivity index (χ4v) is 2.87. The molecule has 1 aliphatic heterocycles. The van der Waals surface area contributed by atoms with Crippen LogP contribution < -0.4 is 4.90 Å². The zero-order chi connectivity index (χ0) is 15.3. The number of hydrogen-bond acceptors (Lipinski definition) is 2. The average molecular weight is 275 g/mol. The van der Waals surface area contributed by atoms with Crippen LogP contribution in [-0.4, -0.2) is 24.0 Å². The molecule has 0 saturated carbocycles. The first-order chi connectivity index (χ1) is 9.07. The van der Waals surface area contributed by atoms with Crippen molar-refractivity contribution >= 4 is 17.6 Å². The van der Waals surface area contributed by atoms with E-state index in [1.54, 1.807) is 11.9 Å². The fraction of sp³-hybridized carbons (Fsp3) is 0.500. The van der Waals surface area contributed by atoms with Crippen molar-refractivity contribution in [3.05, 3.63) is 29.3 Å². The van der Waals surface area contributed by atoms with Crippen molar-refractivity contribution in [3.63, 3.8) is 0 Å². The largest absolute Gasteiger partial charge is 0.481 e. The van der Waals surface area contributed by atoms with E-state index in [0.29, 0.717) is 0 Å². The van der Waals surface area contributed by atoms with Crippen LogP contribution >= 0.6 is 0 Å². The number of carbonyl (C=O) groups excluding carboxylic acids is 1. The predicted molar refractivity (Wildman–Crippen MR) is 78.2 cm³/mol. The lowest BCUT2D eigenvalue weighted by atomic mass is 9.78. The van der Waals surface area contributed by atoms with Crippen LogP contribution in [0, 0.1) is 0 Å². The Balaban J connectivity index is 2.51. The smallest absolute Gasteiger partial charge is 0.304 e. The van der Waals surface area contributed by atoms with Crippen LogP contribution in [0.2, 0.25) is 0 Å². The SMILES string of the molecule is CN1C(=O)C(C)(C)c2cc(C(C)(C)CC(=O)O)ccc21. The van der Waals surface area contributed by atoms with E-state index in [2.05, 4.69) is 0 Å². The first-order valence-corrected chi connectivity index (χ1v) is 6.72. The van der Waals surface area contributed by atoms with E-state index in [4.69, 9.17) is 5.11 Å². The van der Waals surface area contributed by atoms with E-state index in [1.807, 2.05) is 45.9 Å². The highest BCUT2D eigenvalue weighted by molar-refractivity contribution is 6.07. The first kappa shape index (κ1) is 14.6. The summed E-state index contributed by atoms with van der Waals surface area (Å²) in [6.45, 7) is 7.64. The number of carbonyl (C=O) groups is 2. The molecule has 1 aliphatic rings. The Morgan fingerprint density at radius 2 is 1.95 bits per heavy atom. The lowest BCUT2D eigenvalue weighted by Gasteiger charge is -2.25. The summed E-state index contributed by atoms with van der Waals surface area (Å²) in [5.74, 6) is -0.747. The average Bonchev–Trinajstić information content (AvgIpc) is 2.49. The molecular weight excluding hydrogens is 254 g/mol. The van der Waals surface area contributed by atoms with E-state index >= 15 is 0 Å². The number of carboxylic acids is 1. The molecule has 0 radical (unpaired) electrons. The van der Waals surface area contributed by atoms with E-state index in [1.165, 1.54) is 0 Å². The van der Waals surface area contributed by atoms with Crippen molar-refractivity contribution in [2.75, 3.05) is 11.9 Å². The van der Waals surface area contributed by atoms with Gasteiger partial charge in [-0.2, -0.15) is 0 Å². The van der Waals surface area contributed by atoms with Crippen molar-refractivity contribution in [3.8, 4) is 0 Å². The molecule has 1 amide bonds. The minimum absolute atomic E-state index is 0.0655. The summed E-state index contributed by atoms with van der Waals surface area (Å²) in [6, 6.07) is 5.83. The first-order valence-electron chi connectivity index (χ1n) is 6.72. The van der Waals surface area contributed by atoms with Gasteiger partial charge in [-0.1, -0.05) is 26.0 Å². The Kier molecular flexibility index (Phi) is 3.16. The van der Waals surface area contributed by atoms with Gasteiger partial charge in [-0.25, -0.2) is 0 Å². The maximum Gasteiger partial charge on any atom is 0.304 e. The molecule has 4 heteroatoms. The molecule has 4 nitrogen and oxygen atoms in total. The van der Waals surface area contributed by atoms with Gasteiger partial charge in [0, 0.05) is 18.2 Å². The molecule has 1 N–H and O–H groups in total. The van der Waals surface area contributed by atoms with Crippen molar-refractivity contribution in [1.29, 1.82) is 0 Å². The second kappa shape index (κ2) is 4.33. The molecule has 0 spiro atoms. The highest BCUT2D eigenvalue weighted by Gasteiger charge is 2.42. The summed E-state index contributed by atoms with van der Waals surface area (Å²) >= 11 is 0. The molecule has 0 atom stereocenters. The highest BCUT2D eigenvalue weighted by Crippen LogP contribution is 2.43. The standard InChI is InChI=1S/C16H21NO3/c1-15(2,9-13(18)19)10-6-7-12-11(8-10)16(3,4)14(20)17(12)5/h6-8H,9H2,1-5H3,(H,18,19). The molecule has 1 aromatic carbocycles. The number of likely N-dealkylation sites (N-methyl/N-ethyl adjacent to an activating group) is 1. The van der Waals surface area contributed by atoms with Gasteiger partial charge in [0.05, 0.1) is 11.8 Å². The molecule has 1 heterocycles. The Hall–Kier alpha value is -1.84. The third kappa shape index (κ3) is 2.09. The van der Waals surface area contributed by atoms with Crippen LogP contribution in [0.4, 0.5) is 5.69 Å². The minimum atomic E-state index is -0.817. The molecule has 0 aliphatic carbocycles. The van der Waals surface area contributed by atoms with Crippen LogP contribution in [0.5, 0.6) is 0 Å². The van der Waals surface area contributed by atoms with Gasteiger partial charge >= 0.3 is 5.97 Å². The predicted octanol–water partition coefficient (Wildman–Crippen LogP) is 2.69. The van der Waals surface area contributed by atoms with Gasteiger partial charge < -0.3 is 10.0 Å². The van der Waals surface area contributed by atoms with Gasteiger partial charge in [-0.15, -0.1) is 0 Å². The topological polar surface area (TPSA) is 57.6 Å². The Morgan fingerprint density at radius 3 is 2.50 bits per heavy atom. The zero-order valence-corrected chi connectivity index (χ0v) is 12.7. The monoisotopic (exact) mass is 275 g/mol. The Labute approximate surface area is 119 Å². The highest BCUT2D eigenvalue weighted by atomic mass is 16.4. The summed E-state index contributed by atoms with van der Waals surface area (Å²) in [7, 11) is 1.78. The van der Waals surface area contributed by atoms with Crippen LogP contribution in [-0.2, 0) is 20.4 Å². The summed E-state index contributed by atoms with van der Waals surface area (Å²) in [5, 5.41) is 9.03. The van der Waals surface area contributed by atoms with Crippen molar-refractivity contribution in [2.24, 2.45) is 0 Å². The third-order valence-corrected chi connectivity index (χ3v) is 4.25. The van der Waals surface area contributed by atoms with E-state index in [0.717, 1.165) is 16.8 Å². The molecule has 0 fully saturated rings. The summed E-state index contributed by atoms with van der Waals surface area (Å²) in [5.41, 5.74) is 1.83. The molecule has 20 heavy (non-hydrogen) atoms. The Morgan fingerprint density at radius 1 is 1.35 bits per heavy atom. The van der Waals surface area contributed by atoms with E-state index in [9.17, 15) is 9.59 Å². The molecule has 0 saturated heterocycles. The number of carboxylic acid groups (broad SMARTS) is 1. The van der Waals surface area contributed by atoms with Crippen LogP contribution in [0.25, 0.3) is 0 Å². The number of benzene rings is 1. The van der Waals surface area contributed by atoms with Crippen LogP contribution in [0.15, 0.2) is 18.2 Å². The van der Waals surface area contributed by atoms with Gasteiger partial charge in [0.25, 0.3) is 0 Å². The number of nitrogens with zero attached hydrogens (tertiary/aromatic N) is 1. The number of anilines is 1. The van der Waals surface area contributed by atoms with E-state index < -0.39 is 16.8 Å². The number of amides is 1. The molecule has 108 valence electrons. The van der Waals surface area contributed by atoms with Gasteiger partial charge in [0.2, 0.25) is 5.91 Å². The zero-order valence-electron chi connectivity index (χ0n) is 12.7. The number of hydrogen-bond donors (Lipinski definition) is 1. The normalized spacial score (nSPS) is 17.2. The molecule has 2 rings (SSSR count). The summed E-state index contributed by atoms with van der Waals surface area (Å²) in [6.07, 6.45) is 0.0655. The van der Waals surface area contributed by atoms with Crippen molar-refractivity contribution < 1.29 is 14.7 Å². The molecular formula is C16H21NO3. The van der Waals surface area contributed by atoms with Gasteiger partial charge in [0.1, 0.15) is 0 Å². The van der Waals surface area contributed by atoms with Crippen molar-refractivity contribution in [2.45, 2.75) is 44.9 Å². The summed E-state index contributed by atoms with van der Waals surface area (Å²) in [4.78, 5) is 24.9. The number of aliphatic carboxylic acids is 1. The quantitative estimate of drug-likeness (QED) is 0.922. The van der Waals surface area contributed by atoms with Gasteiger partial charge in [0.15, 0.2) is 0 Å². The Bertz CT molecular complexity index is 587. The second-order valence-corrected chi connectivity index (χ2v) is 6.68. The second-order valence-electron chi connectivity index (χ2n) is 6.68. The molecule has 0 aromatic heterocycles. The van der Waals surface area contributed by atoms with Crippen molar-refractivity contribution in [1.82, 2.24) is 0 Å². The fourth-order valence-electron chi connectivity index (χ4n) is 2.87. The lowest BCUT2D eigenvalue weighted by Crippen LogP contribution is -2.33. The maximum atomic E-state index is 12.3. The number of rotatable bonds is 3. The maximum absolute atomic E-state index is 12.3. The number of fused-ring (bicyclic) bond motifs is 1. The van der Waals surface area contributed by atoms with Gasteiger partial charge in [-0.05, 0) is 31.0 Å². The van der Waals surface area contributed by atoms with Crippen LogP contribution in [0.1, 0.15) is 45.2 Å². The van der Waals surface area contributed by atoms with E-state index in [-0.39, 0.29) is 12.3 Å². The molecule has 0 unspecified atom stereocenters. The van der Waals surface area contributed by atoms with Gasteiger partial charge in [-0.3, -0.25) is 9.59 Å². The van der Waals surface area contributed by atoms with Crippen LogP contribution in [0.3, 0.4) is 0 Å². The third-order valence-electron chi connectivity index (χ3n) is 4.25. The lowest BCUT2D eigenvalue weighted by molar-refractivity contribution is -0.138. The molecule has 0 bridgehead atoms. The minimum Gasteiger partial charge on any atom is -0.481 e. The summed E-state index contributed by atoms with van der Waals surface area (Å²) < 4.78 is 0.